The Bertz CT molecular complexity index is 414. The summed E-state index contributed by atoms with van der Waals surface area (Å²) in [5.74, 6) is 0.0606. The van der Waals surface area contributed by atoms with Crippen LogP contribution in [0.3, 0.4) is 0 Å². The van der Waals surface area contributed by atoms with Crippen molar-refractivity contribution in [2.24, 2.45) is 0 Å². The predicted octanol–water partition coefficient (Wildman–Crippen LogP) is 3.06. The van der Waals surface area contributed by atoms with Crippen LogP contribution in [-0.4, -0.2) is 18.5 Å². The van der Waals surface area contributed by atoms with Crippen LogP contribution < -0.4 is 5.73 Å². The van der Waals surface area contributed by atoms with E-state index in [0.29, 0.717) is 22.7 Å². The molecule has 1 saturated heterocycles. The lowest BCUT2D eigenvalue weighted by Crippen LogP contribution is -2.09. The molecule has 0 aliphatic carbocycles. The fourth-order valence-corrected chi connectivity index (χ4v) is 2.35. The third-order valence-electron chi connectivity index (χ3n) is 3.01. The first kappa shape index (κ1) is 12.4. The third kappa shape index (κ3) is 3.20. The number of nitrogen functional groups attached to an aromatic ring is 1. The Morgan fingerprint density at radius 1 is 1.53 bits per heavy atom. The first-order valence-electron chi connectivity index (χ1n) is 5.86. The molecule has 1 aromatic rings. The molecular formula is C13H16ClNO2. The van der Waals surface area contributed by atoms with E-state index < -0.39 is 0 Å². The van der Waals surface area contributed by atoms with Gasteiger partial charge in [0.15, 0.2) is 5.78 Å². The fraction of sp³-hybridized carbons (Fsp3) is 0.462. The largest absolute Gasteiger partial charge is 0.399 e. The van der Waals surface area contributed by atoms with Crippen molar-refractivity contribution < 1.29 is 9.53 Å². The van der Waals surface area contributed by atoms with Crippen LogP contribution in [0.2, 0.25) is 5.02 Å². The van der Waals surface area contributed by atoms with E-state index in [0.717, 1.165) is 25.9 Å². The molecule has 1 atom stereocenters. The Kier molecular flexibility index (Phi) is 4.02. The molecule has 1 fully saturated rings. The molecule has 4 heteroatoms. The molecule has 2 N–H and O–H groups in total. The standard InChI is InChI=1S/C13H16ClNO2/c14-12-8-9(15)3-5-11(12)13(16)6-4-10-2-1-7-17-10/h3,5,8,10H,1-2,4,6-7,15H2. The topological polar surface area (TPSA) is 52.3 Å². The molecule has 1 aliphatic heterocycles. The zero-order valence-electron chi connectivity index (χ0n) is 9.62. The highest BCUT2D eigenvalue weighted by molar-refractivity contribution is 6.34. The summed E-state index contributed by atoms with van der Waals surface area (Å²) in [6.45, 7) is 0.821. The molecule has 0 radical (unpaired) electrons. The predicted molar refractivity (Wildman–Crippen MR) is 68.4 cm³/mol. The summed E-state index contributed by atoms with van der Waals surface area (Å²) in [5.41, 5.74) is 6.71. The maximum Gasteiger partial charge on any atom is 0.164 e. The van der Waals surface area contributed by atoms with Gasteiger partial charge in [0.25, 0.3) is 0 Å². The second-order valence-electron chi connectivity index (χ2n) is 4.34. The zero-order valence-corrected chi connectivity index (χ0v) is 10.4. The lowest BCUT2D eigenvalue weighted by atomic mass is 10.0. The summed E-state index contributed by atoms with van der Waals surface area (Å²) in [5, 5.41) is 0.433. The molecule has 2 rings (SSSR count). The Morgan fingerprint density at radius 2 is 2.35 bits per heavy atom. The highest BCUT2D eigenvalue weighted by Gasteiger charge is 2.18. The molecule has 1 aromatic carbocycles. The number of halogens is 1. The quantitative estimate of drug-likeness (QED) is 0.663. The molecule has 0 spiro atoms. The van der Waals surface area contributed by atoms with Gasteiger partial charge in [-0.2, -0.15) is 0 Å². The van der Waals surface area contributed by atoms with Gasteiger partial charge in [0.05, 0.1) is 11.1 Å². The van der Waals surface area contributed by atoms with Crippen molar-refractivity contribution in [1.82, 2.24) is 0 Å². The second kappa shape index (κ2) is 5.52. The van der Waals surface area contributed by atoms with Gasteiger partial charge in [-0.1, -0.05) is 11.6 Å². The zero-order chi connectivity index (χ0) is 12.3. The summed E-state index contributed by atoms with van der Waals surface area (Å²) in [6.07, 6.45) is 3.66. The van der Waals surface area contributed by atoms with Gasteiger partial charge in [0.2, 0.25) is 0 Å². The number of ketones is 1. The highest BCUT2D eigenvalue weighted by atomic mass is 35.5. The van der Waals surface area contributed by atoms with Crippen LogP contribution in [0.4, 0.5) is 5.69 Å². The molecule has 1 heterocycles. The lowest BCUT2D eigenvalue weighted by Gasteiger charge is -2.09. The number of Topliss-reactive ketones (excluding diaryl/α,β-unsaturated/α-hetero) is 1. The molecule has 1 aliphatic rings. The number of carbonyl (C=O) groups is 1. The molecule has 0 saturated carbocycles. The number of anilines is 1. The monoisotopic (exact) mass is 253 g/mol. The van der Waals surface area contributed by atoms with Crippen LogP contribution in [-0.2, 0) is 4.74 Å². The Morgan fingerprint density at radius 3 is 3.00 bits per heavy atom. The number of hydrogen-bond acceptors (Lipinski definition) is 3. The highest BCUT2D eigenvalue weighted by Crippen LogP contribution is 2.23. The van der Waals surface area contributed by atoms with E-state index in [2.05, 4.69) is 0 Å². The average Bonchev–Trinajstić information content (AvgIpc) is 2.78. The number of ether oxygens (including phenoxy) is 1. The number of rotatable bonds is 4. The van der Waals surface area contributed by atoms with Gasteiger partial charge in [-0.25, -0.2) is 0 Å². The molecule has 17 heavy (non-hydrogen) atoms. The minimum atomic E-state index is 0.0606. The van der Waals surface area contributed by atoms with Crippen molar-refractivity contribution in [3.63, 3.8) is 0 Å². The summed E-state index contributed by atoms with van der Waals surface area (Å²) in [4.78, 5) is 12.0. The Balaban J connectivity index is 1.94. The van der Waals surface area contributed by atoms with Crippen molar-refractivity contribution in [3.8, 4) is 0 Å². The SMILES string of the molecule is Nc1ccc(C(=O)CCC2CCCO2)c(Cl)c1. The van der Waals surface area contributed by atoms with Gasteiger partial charge in [-0.15, -0.1) is 0 Å². The van der Waals surface area contributed by atoms with Gasteiger partial charge >= 0.3 is 0 Å². The maximum atomic E-state index is 12.0. The van der Waals surface area contributed by atoms with E-state index in [1.807, 2.05) is 0 Å². The van der Waals surface area contributed by atoms with Gasteiger partial charge in [0, 0.05) is 24.3 Å². The van der Waals surface area contributed by atoms with Crippen LogP contribution in [0.15, 0.2) is 18.2 Å². The minimum absolute atomic E-state index is 0.0606. The van der Waals surface area contributed by atoms with Gasteiger partial charge in [0.1, 0.15) is 0 Å². The van der Waals surface area contributed by atoms with Crippen molar-refractivity contribution >= 4 is 23.1 Å². The lowest BCUT2D eigenvalue weighted by molar-refractivity contribution is 0.0859. The van der Waals surface area contributed by atoms with Crippen LogP contribution in [0.1, 0.15) is 36.0 Å². The van der Waals surface area contributed by atoms with Crippen molar-refractivity contribution in [2.45, 2.75) is 31.8 Å². The van der Waals surface area contributed by atoms with Gasteiger partial charge in [-0.3, -0.25) is 4.79 Å². The number of nitrogens with two attached hydrogens (primary N) is 1. The van der Waals surface area contributed by atoms with E-state index in [-0.39, 0.29) is 11.9 Å². The molecule has 0 bridgehead atoms. The van der Waals surface area contributed by atoms with Crippen LogP contribution in [0.5, 0.6) is 0 Å². The van der Waals surface area contributed by atoms with Gasteiger partial charge in [-0.05, 0) is 37.5 Å². The molecule has 1 unspecified atom stereocenters. The summed E-state index contributed by atoms with van der Waals surface area (Å²) in [7, 11) is 0. The number of hydrogen-bond donors (Lipinski definition) is 1. The number of carbonyl (C=O) groups excluding carboxylic acids is 1. The molecule has 0 aromatic heterocycles. The fourth-order valence-electron chi connectivity index (χ4n) is 2.06. The van der Waals surface area contributed by atoms with Gasteiger partial charge < -0.3 is 10.5 Å². The van der Waals surface area contributed by atoms with Crippen LogP contribution in [0, 0.1) is 0 Å². The normalized spacial score (nSPS) is 19.5. The summed E-state index contributed by atoms with van der Waals surface area (Å²) < 4.78 is 5.48. The van der Waals surface area contributed by atoms with Crippen molar-refractivity contribution in [1.29, 1.82) is 0 Å². The Labute approximate surface area is 106 Å². The average molecular weight is 254 g/mol. The maximum absolute atomic E-state index is 12.0. The summed E-state index contributed by atoms with van der Waals surface area (Å²) in [6, 6.07) is 5.00. The summed E-state index contributed by atoms with van der Waals surface area (Å²) >= 11 is 5.99. The number of benzene rings is 1. The van der Waals surface area contributed by atoms with Crippen molar-refractivity contribution in [2.75, 3.05) is 12.3 Å². The second-order valence-corrected chi connectivity index (χ2v) is 4.74. The molecule has 92 valence electrons. The first-order valence-corrected chi connectivity index (χ1v) is 6.24. The Hall–Kier alpha value is -1.06. The van der Waals surface area contributed by atoms with Crippen LogP contribution >= 0.6 is 11.6 Å². The van der Waals surface area contributed by atoms with Crippen molar-refractivity contribution in [3.05, 3.63) is 28.8 Å². The minimum Gasteiger partial charge on any atom is -0.399 e. The van der Waals surface area contributed by atoms with E-state index in [1.54, 1.807) is 18.2 Å². The molecule has 0 amide bonds. The van der Waals surface area contributed by atoms with E-state index in [4.69, 9.17) is 22.1 Å². The van der Waals surface area contributed by atoms with Crippen LogP contribution in [0.25, 0.3) is 0 Å². The molecule has 3 nitrogen and oxygen atoms in total. The third-order valence-corrected chi connectivity index (χ3v) is 3.32. The molecular weight excluding hydrogens is 238 g/mol. The smallest absolute Gasteiger partial charge is 0.164 e. The van der Waals surface area contributed by atoms with E-state index in [1.165, 1.54) is 0 Å². The van der Waals surface area contributed by atoms with E-state index >= 15 is 0 Å². The van der Waals surface area contributed by atoms with E-state index in [9.17, 15) is 4.79 Å². The first-order chi connectivity index (χ1) is 8.16.